The zero-order valence-corrected chi connectivity index (χ0v) is 11.4. The van der Waals surface area contributed by atoms with Gasteiger partial charge in [0.2, 0.25) is 5.91 Å². The Morgan fingerprint density at radius 1 is 1.26 bits per heavy atom. The van der Waals surface area contributed by atoms with Gasteiger partial charge in [-0.05, 0) is 36.5 Å². The maximum Gasteiger partial charge on any atom is 0.227 e. The highest BCUT2D eigenvalue weighted by molar-refractivity contribution is 6.18. The molecule has 19 heavy (non-hydrogen) atoms. The molecule has 1 saturated heterocycles. The summed E-state index contributed by atoms with van der Waals surface area (Å²) < 4.78 is 0. The minimum Gasteiger partial charge on any atom is -0.312 e. The Balaban J connectivity index is 1.92. The summed E-state index contributed by atoms with van der Waals surface area (Å²) in [5.74, 6) is 1.03. The molecule has 2 aliphatic rings. The monoisotopic (exact) mass is 277 g/mol. The minimum absolute atomic E-state index is 0.105. The number of carbonyl (C=O) groups is 2. The number of fused-ring (bicyclic) bond motifs is 1. The van der Waals surface area contributed by atoms with Gasteiger partial charge in [0, 0.05) is 36.5 Å². The molecule has 0 bridgehead atoms. The van der Waals surface area contributed by atoms with Crippen LogP contribution in [-0.4, -0.2) is 24.1 Å². The fourth-order valence-electron chi connectivity index (χ4n) is 2.92. The molecule has 0 saturated carbocycles. The van der Waals surface area contributed by atoms with Crippen molar-refractivity contribution in [2.24, 2.45) is 5.92 Å². The molecular formula is C15H16ClNO2. The van der Waals surface area contributed by atoms with Crippen LogP contribution in [0, 0.1) is 5.92 Å². The summed E-state index contributed by atoms with van der Waals surface area (Å²) in [4.78, 5) is 25.7. The van der Waals surface area contributed by atoms with Gasteiger partial charge in [0.25, 0.3) is 0 Å². The normalized spacial score (nSPS) is 22.8. The molecule has 1 aliphatic carbocycles. The first-order valence-electron chi connectivity index (χ1n) is 6.71. The highest BCUT2D eigenvalue weighted by atomic mass is 35.5. The third-order valence-corrected chi connectivity index (χ3v) is 4.42. The number of nitrogens with zero attached hydrogens (tertiary/aromatic N) is 1. The van der Waals surface area contributed by atoms with E-state index in [2.05, 4.69) is 0 Å². The number of Topliss-reactive ketones (excluding diaryl/α,β-unsaturated/α-hetero) is 1. The van der Waals surface area contributed by atoms with Crippen LogP contribution in [-0.2, 0) is 11.2 Å². The number of hydrogen-bond donors (Lipinski definition) is 0. The molecule has 1 aromatic rings. The van der Waals surface area contributed by atoms with Gasteiger partial charge in [0.05, 0.1) is 0 Å². The second-order valence-electron chi connectivity index (χ2n) is 5.35. The van der Waals surface area contributed by atoms with Crippen molar-refractivity contribution in [2.75, 3.05) is 17.3 Å². The molecule has 0 radical (unpaired) electrons. The molecule has 3 rings (SSSR count). The number of hydrogen-bond acceptors (Lipinski definition) is 2. The molecule has 1 unspecified atom stereocenters. The van der Waals surface area contributed by atoms with Crippen molar-refractivity contribution in [3.63, 3.8) is 0 Å². The molecule has 1 aromatic carbocycles. The maximum absolute atomic E-state index is 12.0. The Hall–Kier alpha value is -1.35. The van der Waals surface area contributed by atoms with Gasteiger partial charge in [0.15, 0.2) is 5.78 Å². The smallest absolute Gasteiger partial charge is 0.227 e. The Morgan fingerprint density at radius 2 is 2.11 bits per heavy atom. The number of halogens is 1. The van der Waals surface area contributed by atoms with E-state index >= 15 is 0 Å². The number of alkyl halides is 1. The molecule has 1 heterocycles. The Kier molecular flexibility index (Phi) is 3.31. The lowest BCUT2D eigenvalue weighted by Crippen LogP contribution is -2.25. The molecule has 4 heteroatoms. The van der Waals surface area contributed by atoms with Crippen molar-refractivity contribution in [3.8, 4) is 0 Å². The standard InChI is InChI=1S/C15H16ClNO2/c16-8-10-6-15(19)17(9-10)12-5-4-11-2-1-3-14(18)13(11)7-12/h4-5,7,10H,1-3,6,8-9H2. The van der Waals surface area contributed by atoms with Crippen molar-refractivity contribution >= 4 is 29.0 Å². The summed E-state index contributed by atoms with van der Waals surface area (Å²) in [5.41, 5.74) is 2.75. The maximum atomic E-state index is 12.0. The number of carbonyl (C=O) groups excluding carboxylic acids is 2. The van der Waals surface area contributed by atoms with Crippen molar-refractivity contribution in [1.82, 2.24) is 0 Å². The molecule has 1 atom stereocenters. The Bertz CT molecular complexity index is 541. The highest BCUT2D eigenvalue weighted by Crippen LogP contribution is 2.30. The zero-order chi connectivity index (χ0) is 13.4. The second kappa shape index (κ2) is 4.97. The summed E-state index contributed by atoms with van der Waals surface area (Å²) in [5, 5.41) is 0. The van der Waals surface area contributed by atoms with E-state index in [9.17, 15) is 9.59 Å². The molecule has 1 amide bonds. The van der Waals surface area contributed by atoms with Crippen molar-refractivity contribution < 1.29 is 9.59 Å². The van der Waals surface area contributed by atoms with Crippen LogP contribution in [0.15, 0.2) is 18.2 Å². The topological polar surface area (TPSA) is 37.4 Å². The first-order valence-corrected chi connectivity index (χ1v) is 7.25. The van der Waals surface area contributed by atoms with Gasteiger partial charge in [-0.2, -0.15) is 0 Å². The third-order valence-electron chi connectivity index (χ3n) is 3.98. The Morgan fingerprint density at radius 3 is 2.84 bits per heavy atom. The summed E-state index contributed by atoms with van der Waals surface area (Å²) in [6, 6.07) is 5.82. The lowest BCUT2D eigenvalue weighted by Gasteiger charge is -2.20. The van der Waals surface area contributed by atoms with Crippen LogP contribution in [0.3, 0.4) is 0 Å². The lowest BCUT2D eigenvalue weighted by molar-refractivity contribution is -0.117. The van der Waals surface area contributed by atoms with E-state index in [1.807, 2.05) is 18.2 Å². The first kappa shape index (κ1) is 12.7. The molecule has 0 spiro atoms. The molecule has 0 N–H and O–H groups in total. The second-order valence-corrected chi connectivity index (χ2v) is 5.66. The van der Waals surface area contributed by atoms with Crippen LogP contribution in [0.2, 0.25) is 0 Å². The largest absolute Gasteiger partial charge is 0.312 e. The van der Waals surface area contributed by atoms with E-state index in [-0.39, 0.29) is 17.6 Å². The summed E-state index contributed by atoms with van der Waals surface area (Å²) in [7, 11) is 0. The van der Waals surface area contributed by atoms with Crippen LogP contribution in [0.4, 0.5) is 5.69 Å². The van der Waals surface area contributed by atoms with Gasteiger partial charge < -0.3 is 4.90 Å². The number of rotatable bonds is 2. The summed E-state index contributed by atoms with van der Waals surface area (Å²) >= 11 is 5.83. The molecule has 100 valence electrons. The molecular weight excluding hydrogens is 262 g/mol. The number of anilines is 1. The van der Waals surface area contributed by atoms with E-state index < -0.39 is 0 Å². The predicted molar refractivity (Wildman–Crippen MR) is 74.9 cm³/mol. The third kappa shape index (κ3) is 2.27. The Labute approximate surface area is 117 Å². The highest BCUT2D eigenvalue weighted by Gasteiger charge is 2.30. The number of benzene rings is 1. The van der Waals surface area contributed by atoms with E-state index in [4.69, 9.17) is 11.6 Å². The van der Waals surface area contributed by atoms with Gasteiger partial charge in [0.1, 0.15) is 0 Å². The SMILES string of the molecule is O=C1CCCc2ccc(N3CC(CCl)CC3=O)cc21. The van der Waals surface area contributed by atoms with Crippen molar-refractivity contribution in [1.29, 1.82) is 0 Å². The van der Waals surface area contributed by atoms with Crippen LogP contribution in [0.25, 0.3) is 0 Å². The molecule has 1 aliphatic heterocycles. The zero-order valence-electron chi connectivity index (χ0n) is 10.7. The first-order chi connectivity index (χ1) is 9.19. The molecule has 1 fully saturated rings. The average molecular weight is 278 g/mol. The van der Waals surface area contributed by atoms with Crippen molar-refractivity contribution in [3.05, 3.63) is 29.3 Å². The van der Waals surface area contributed by atoms with Gasteiger partial charge in [-0.15, -0.1) is 11.6 Å². The van der Waals surface area contributed by atoms with E-state index in [1.165, 1.54) is 0 Å². The van der Waals surface area contributed by atoms with E-state index in [0.29, 0.717) is 25.3 Å². The van der Waals surface area contributed by atoms with Crippen LogP contribution in [0.1, 0.15) is 35.2 Å². The molecule has 0 aromatic heterocycles. The van der Waals surface area contributed by atoms with Gasteiger partial charge in [-0.3, -0.25) is 9.59 Å². The van der Waals surface area contributed by atoms with E-state index in [0.717, 1.165) is 29.7 Å². The van der Waals surface area contributed by atoms with Gasteiger partial charge >= 0.3 is 0 Å². The number of aryl methyl sites for hydroxylation is 1. The number of amides is 1. The van der Waals surface area contributed by atoms with Gasteiger partial charge in [-0.25, -0.2) is 0 Å². The van der Waals surface area contributed by atoms with E-state index in [1.54, 1.807) is 4.90 Å². The summed E-state index contributed by atoms with van der Waals surface area (Å²) in [6.45, 7) is 0.662. The number of ketones is 1. The fourth-order valence-corrected chi connectivity index (χ4v) is 3.13. The minimum atomic E-state index is 0.105. The van der Waals surface area contributed by atoms with Crippen molar-refractivity contribution in [2.45, 2.75) is 25.7 Å². The fraction of sp³-hybridized carbons (Fsp3) is 0.467. The van der Waals surface area contributed by atoms with Crippen LogP contribution >= 0.6 is 11.6 Å². The average Bonchev–Trinajstić information content (AvgIpc) is 2.80. The summed E-state index contributed by atoms with van der Waals surface area (Å²) in [6.07, 6.45) is 3.02. The van der Waals surface area contributed by atoms with Crippen LogP contribution < -0.4 is 4.90 Å². The van der Waals surface area contributed by atoms with Crippen LogP contribution in [0.5, 0.6) is 0 Å². The lowest BCUT2D eigenvalue weighted by atomic mass is 9.90. The van der Waals surface area contributed by atoms with Gasteiger partial charge in [-0.1, -0.05) is 6.07 Å². The molecule has 3 nitrogen and oxygen atoms in total. The predicted octanol–water partition coefficient (Wildman–Crippen LogP) is 2.80. The quantitative estimate of drug-likeness (QED) is 0.780.